The van der Waals surface area contributed by atoms with Gasteiger partial charge < -0.3 is 15.2 Å². The zero-order valence-electron chi connectivity index (χ0n) is 10.5. The third-order valence-corrected chi connectivity index (χ3v) is 4.00. The number of carbonyl (C=O) groups excluding carboxylic acids is 1. The molecule has 2 amide bonds. The lowest BCUT2D eigenvalue weighted by Gasteiger charge is -2.13. The van der Waals surface area contributed by atoms with Crippen LogP contribution in [0, 0.1) is 0 Å². The van der Waals surface area contributed by atoms with E-state index in [1.54, 1.807) is 12.5 Å². The highest BCUT2D eigenvalue weighted by Gasteiger charge is 2.10. The zero-order chi connectivity index (χ0) is 13.7. The highest BCUT2D eigenvalue weighted by atomic mass is 35.5. The number of amides is 2. The molecule has 0 bridgehead atoms. The fraction of sp³-hybridized carbons (Fsp3) is 0.333. The van der Waals surface area contributed by atoms with Crippen molar-refractivity contribution in [3.63, 3.8) is 0 Å². The molecule has 0 aliphatic rings. The van der Waals surface area contributed by atoms with Gasteiger partial charge in [0.25, 0.3) is 0 Å². The van der Waals surface area contributed by atoms with Gasteiger partial charge in [0, 0.05) is 30.4 Å². The molecule has 0 saturated heterocycles. The molecule has 0 radical (unpaired) electrons. The molecule has 2 aromatic rings. The quantitative estimate of drug-likeness (QED) is 0.891. The first kappa shape index (κ1) is 13.9. The Hall–Kier alpha value is -1.53. The molecular formula is C12H15ClN4OS. The van der Waals surface area contributed by atoms with Gasteiger partial charge in [0.2, 0.25) is 0 Å². The van der Waals surface area contributed by atoms with Crippen molar-refractivity contribution in [3.05, 3.63) is 40.1 Å². The molecule has 102 valence electrons. The number of carbonyl (C=O) groups is 1. The summed E-state index contributed by atoms with van der Waals surface area (Å²) in [4.78, 5) is 16.7. The minimum absolute atomic E-state index is 0.0502. The van der Waals surface area contributed by atoms with Crippen molar-refractivity contribution in [3.8, 4) is 0 Å². The van der Waals surface area contributed by atoms with Crippen LogP contribution in [0.3, 0.4) is 0 Å². The topological polar surface area (TPSA) is 59.0 Å². The van der Waals surface area contributed by atoms with E-state index in [0.717, 1.165) is 9.21 Å². The highest BCUT2D eigenvalue weighted by molar-refractivity contribution is 7.16. The maximum atomic E-state index is 11.7. The van der Waals surface area contributed by atoms with Crippen LogP contribution < -0.4 is 10.6 Å². The van der Waals surface area contributed by atoms with Gasteiger partial charge in [0.1, 0.15) is 0 Å². The Balaban J connectivity index is 1.72. The number of hydrogen-bond donors (Lipinski definition) is 2. The maximum absolute atomic E-state index is 11.7. The van der Waals surface area contributed by atoms with Crippen LogP contribution >= 0.6 is 22.9 Å². The first-order chi connectivity index (χ1) is 9.15. The van der Waals surface area contributed by atoms with E-state index in [-0.39, 0.29) is 12.1 Å². The molecule has 2 aromatic heterocycles. The van der Waals surface area contributed by atoms with Crippen LogP contribution in [0.5, 0.6) is 0 Å². The SMILES string of the molecule is CC(NC(=O)NCCn1ccnc1)c1ccc(Cl)s1. The summed E-state index contributed by atoms with van der Waals surface area (Å²) in [5, 5.41) is 5.67. The third kappa shape index (κ3) is 4.25. The first-order valence-electron chi connectivity index (χ1n) is 5.90. The fourth-order valence-corrected chi connectivity index (χ4v) is 2.66. The van der Waals surface area contributed by atoms with Crippen molar-refractivity contribution in [2.45, 2.75) is 19.5 Å². The van der Waals surface area contributed by atoms with Crippen LogP contribution in [0.4, 0.5) is 4.79 Å². The summed E-state index contributed by atoms with van der Waals surface area (Å²) in [6.45, 7) is 3.18. The van der Waals surface area contributed by atoms with E-state index in [1.807, 2.05) is 29.8 Å². The Morgan fingerprint density at radius 1 is 1.58 bits per heavy atom. The summed E-state index contributed by atoms with van der Waals surface area (Å²) in [5.41, 5.74) is 0. The third-order valence-electron chi connectivity index (χ3n) is 2.58. The molecule has 0 saturated carbocycles. The molecule has 2 N–H and O–H groups in total. The van der Waals surface area contributed by atoms with E-state index in [0.29, 0.717) is 13.1 Å². The number of urea groups is 1. The Bertz CT molecular complexity index is 526. The van der Waals surface area contributed by atoms with Gasteiger partial charge in [-0.1, -0.05) is 11.6 Å². The second-order valence-corrected chi connectivity index (χ2v) is 5.81. The molecule has 2 rings (SSSR count). The normalized spacial score (nSPS) is 12.1. The van der Waals surface area contributed by atoms with Crippen LogP contribution in [-0.2, 0) is 6.54 Å². The van der Waals surface area contributed by atoms with Gasteiger partial charge >= 0.3 is 6.03 Å². The predicted octanol–water partition coefficient (Wildman–Crippen LogP) is 2.66. The summed E-state index contributed by atoms with van der Waals surface area (Å²) in [7, 11) is 0. The molecule has 0 aliphatic carbocycles. The van der Waals surface area contributed by atoms with E-state index in [4.69, 9.17) is 11.6 Å². The van der Waals surface area contributed by atoms with E-state index in [9.17, 15) is 4.79 Å². The van der Waals surface area contributed by atoms with Crippen LogP contribution in [0.1, 0.15) is 17.8 Å². The van der Waals surface area contributed by atoms with Crippen LogP contribution in [0.2, 0.25) is 4.34 Å². The maximum Gasteiger partial charge on any atom is 0.315 e. The van der Waals surface area contributed by atoms with E-state index < -0.39 is 0 Å². The molecule has 0 aromatic carbocycles. The lowest BCUT2D eigenvalue weighted by Crippen LogP contribution is -2.38. The summed E-state index contributed by atoms with van der Waals surface area (Å²) < 4.78 is 2.63. The second kappa shape index (κ2) is 6.58. The Kier molecular flexibility index (Phi) is 4.81. The Morgan fingerprint density at radius 3 is 3.05 bits per heavy atom. The van der Waals surface area contributed by atoms with Gasteiger partial charge in [-0.25, -0.2) is 9.78 Å². The lowest BCUT2D eigenvalue weighted by atomic mass is 10.3. The van der Waals surface area contributed by atoms with Gasteiger partial charge in [-0.2, -0.15) is 0 Å². The number of nitrogens with one attached hydrogen (secondary N) is 2. The summed E-state index contributed by atoms with van der Waals surface area (Å²) in [6, 6.07) is 3.52. The molecule has 0 spiro atoms. The van der Waals surface area contributed by atoms with E-state index >= 15 is 0 Å². The van der Waals surface area contributed by atoms with E-state index in [1.165, 1.54) is 11.3 Å². The smallest absolute Gasteiger partial charge is 0.315 e. The van der Waals surface area contributed by atoms with Gasteiger partial charge in [0.05, 0.1) is 16.7 Å². The Labute approximate surface area is 120 Å². The van der Waals surface area contributed by atoms with Crippen molar-refractivity contribution < 1.29 is 4.79 Å². The van der Waals surface area contributed by atoms with Gasteiger partial charge in [0.15, 0.2) is 0 Å². The number of nitrogens with zero attached hydrogens (tertiary/aromatic N) is 2. The predicted molar refractivity (Wildman–Crippen MR) is 76.5 cm³/mol. The average molecular weight is 299 g/mol. The molecule has 0 aliphatic heterocycles. The fourth-order valence-electron chi connectivity index (χ4n) is 1.60. The molecule has 7 heteroatoms. The summed E-state index contributed by atoms with van der Waals surface area (Å²) in [5.74, 6) is 0. The largest absolute Gasteiger partial charge is 0.336 e. The molecule has 1 unspecified atom stereocenters. The number of hydrogen-bond acceptors (Lipinski definition) is 3. The molecule has 5 nitrogen and oxygen atoms in total. The zero-order valence-corrected chi connectivity index (χ0v) is 12.0. The van der Waals surface area contributed by atoms with Crippen LogP contribution in [0.15, 0.2) is 30.9 Å². The number of thiophene rings is 1. The van der Waals surface area contributed by atoms with Crippen molar-refractivity contribution >= 4 is 29.0 Å². The number of rotatable bonds is 5. The van der Waals surface area contributed by atoms with Crippen molar-refractivity contribution in [1.82, 2.24) is 20.2 Å². The van der Waals surface area contributed by atoms with Gasteiger partial charge in [-0.15, -0.1) is 11.3 Å². The number of halogens is 1. The van der Waals surface area contributed by atoms with Crippen molar-refractivity contribution in [2.24, 2.45) is 0 Å². The van der Waals surface area contributed by atoms with Crippen molar-refractivity contribution in [1.29, 1.82) is 0 Å². The van der Waals surface area contributed by atoms with Crippen molar-refractivity contribution in [2.75, 3.05) is 6.54 Å². The molecular weight excluding hydrogens is 284 g/mol. The Morgan fingerprint density at radius 2 is 2.42 bits per heavy atom. The molecule has 2 heterocycles. The standard InChI is InChI=1S/C12H15ClN4OS/c1-9(10-2-3-11(13)19-10)16-12(18)15-5-7-17-6-4-14-8-17/h2-4,6,8-9H,5,7H2,1H3,(H2,15,16,18). The average Bonchev–Trinajstić information content (AvgIpc) is 3.00. The summed E-state index contributed by atoms with van der Waals surface area (Å²) >= 11 is 7.33. The molecule has 1 atom stereocenters. The summed E-state index contributed by atoms with van der Waals surface area (Å²) in [6.07, 6.45) is 5.29. The monoisotopic (exact) mass is 298 g/mol. The molecule has 0 fully saturated rings. The van der Waals surface area contributed by atoms with Gasteiger partial charge in [-0.3, -0.25) is 0 Å². The van der Waals surface area contributed by atoms with E-state index in [2.05, 4.69) is 15.6 Å². The second-order valence-electron chi connectivity index (χ2n) is 4.06. The van der Waals surface area contributed by atoms with Crippen LogP contribution in [0.25, 0.3) is 0 Å². The minimum atomic E-state index is -0.183. The number of aromatic nitrogens is 2. The van der Waals surface area contributed by atoms with Gasteiger partial charge in [-0.05, 0) is 19.1 Å². The lowest BCUT2D eigenvalue weighted by molar-refractivity contribution is 0.237. The highest BCUT2D eigenvalue weighted by Crippen LogP contribution is 2.26. The molecule has 19 heavy (non-hydrogen) atoms. The van der Waals surface area contributed by atoms with Crippen LogP contribution in [-0.4, -0.2) is 22.1 Å². The number of imidazole rings is 1. The first-order valence-corrected chi connectivity index (χ1v) is 7.10. The minimum Gasteiger partial charge on any atom is -0.336 e.